The van der Waals surface area contributed by atoms with Crippen LogP contribution in [0.1, 0.15) is 32.6 Å². The van der Waals surface area contributed by atoms with Crippen LogP contribution in [0.4, 0.5) is 0 Å². The van der Waals surface area contributed by atoms with E-state index >= 15 is 0 Å². The molecule has 3 unspecified atom stereocenters. The summed E-state index contributed by atoms with van der Waals surface area (Å²) in [7, 11) is 0. The summed E-state index contributed by atoms with van der Waals surface area (Å²) in [5.74, 6) is 0.0926. The molecule has 1 aliphatic heterocycles. The Kier molecular flexibility index (Phi) is 4.53. The Morgan fingerprint density at radius 2 is 2.27 bits per heavy atom. The second-order valence-corrected chi connectivity index (χ2v) is 4.05. The topological polar surface area (TPSA) is 43.4 Å². The molecule has 1 saturated heterocycles. The fourth-order valence-electron chi connectivity index (χ4n) is 2.10. The molecule has 0 radical (unpaired) electrons. The van der Waals surface area contributed by atoms with Gasteiger partial charge < -0.3 is 9.53 Å². The van der Waals surface area contributed by atoms with Crippen LogP contribution in [0.5, 0.6) is 0 Å². The molecule has 1 rings (SSSR count). The van der Waals surface area contributed by atoms with Crippen molar-refractivity contribution in [3.8, 4) is 0 Å². The standard InChI is InChI=1S/C12H18O3/c1-3-6-11-10(7-4-5-8-13)9(2)12(14)15-11/h3,8-11H,1,4-7H2,2H3. The van der Waals surface area contributed by atoms with E-state index < -0.39 is 0 Å². The third-order valence-corrected chi connectivity index (χ3v) is 3.02. The number of carbonyl (C=O) groups excluding carboxylic acids is 2. The van der Waals surface area contributed by atoms with Gasteiger partial charge in [0.1, 0.15) is 12.4 Å². The Hall–Kier alpha value is -1.12. The fraction of sp³-hybridized carbons (Fsp3) is 0.667. The first kappa shape index (κ1) is 12.0. The number of unbranched alkanes of at least 4 members (excludes halogenated alkanes) is 1. The van der Waals surface area contributed by atoms with Gasteiger partial charge in [-0.25, -0.2) is 0 Å². The molecular formula is C12H18O3. The van der Waals surface area contributed by atoms with Crippen molar-refractivity contribution in [2.45, 2.75) is 38.7 Å². The minimum atomic E-state index is -0.113. The highest BCUT2D eigenvalue weighted by molar-refractivity contribution is 5.74. The summed E-state index contributed by atoms with van der Waals surface area (Å²) >= 11 is 0. The zero-order valence-electron chi connectivity index (χ0n) is 9.15. The molecule has 0 aromatic carbocycles. The lowest BCUT2D eigenvalue weighted by molar-refractivity contribution is -0.143. The van der Waals surface area contributed by atoms with Gasteiger partial charge in [0.2, 0.25) is 0 Å². The number of hydrogen-bond donors (Lipinski definition) is 0. The van der Waals surface area contributed by atoms with E-state index in [0.29, 0.717) is 12.8 Å². The van der Waals surface area contributed by atoms with E-state index in [1.165, 1.54) is 0 Å². The van der Waals surface area contributed by atoms with E-state index in [2.05, 4.69) is 6.58 Å². The van der Waals surface area contributed by atoms with E-state index in [1.54, 1.807) is 6.08 Å². The second-order valence-electron chi connectivity index (χ2n) is 4.05. The molecule has 15 heavy (non-hydrogen) atoms. The average molecular weight is 210 g/mol. The van der Waals surface area contributed by atoms with Crippen LogP contribution >= 0.6 is 0 Å². The molecule has 1 aliphatic rings. The molecule has 0 amide bonds. The van der Waals surface area contributed by atoms with Crippen molar-refractivity contribution in [1.29, 1.82) is 0 Å². The number of rotatable bonds is 6. The van der Waals surface area contributed by atoms with Gasteiger partial charge >= 0.3 is 5.97 Å². The van der Waals surface area contributed by atoms with Crippen LogP contribution in [0.3, 0.4) is 0 Å². The van der Waals surface area contributed by atoms with E-state index in [4.69, 9.17) is 4.74 Å². The lowest BCUT2D eigenvalue weighted by Crippen LogP contribution is -2.18. The molecule has 0 saturated carbocycles. The van der Waals surface area contributed by atoms with Crippen LogP contribution in [0.15, 0.2) is 12.7 Å². The lowest BCUT2D eigenvalue weighted by Gasteiger charge is -2.17. The molecule has 3 heteroatoms. The fourth-order valence-corrected chi connectivity index (χ4v) is 2.10. The van der Waals surface area contributed by atoms with Gasteiger partial charge in [0.25, 0.3) is 0 Å². The van der Waals surface area contributed by atoms with Gasteiger partial charge in [-0.2, -0.15) is 0 Å². The van der Waals surface area contributed by atoms with Crippen molar-refractivity contribution in [1.82, 2.24) is 0 Å². The maximum absolute atomic E-state index is 11.4. The highest BCUT2D eigenvalue weighted by atomic mass is 16.6. The number of ether oxygens (including phenoxy) is 1. The van der Waals surface area contributed by atoms with E-state index in [1.807, 2.05) is 6.92 Å². The molecule has 3 nitrogen and oxygen atoms in total. The number of esters is 1. The monoisotopic (exact) mass is 210 g/mol. The third-order valence-electron chi connectivity index (χ3n) is 3.02. The summed E-state index contributed by atoms with van der Waals surface area (Å²) in [6.07, 6.45) is 5.66. The second kappa shape index (κ2) is 5.69. The first-order valence-corrected chi connectivity index (χ1v) is 5.45. The van der Waals surface area contributed by atoms with E-state index in [9.17, 15) is 9.59 Å². The van der Waals surface area contributed by atoms with Crippen molar-refractivity contribution in [2.75, 3.05) is 0 Å². The molecule has 0 spiro atoms. The van der Waals surface area contributed by atoms with Crippen molar-refractivity contribution in [2.24, 2.45) is 11.8 Å². The van der Waals surface area contributed by atoms with Gasteiger partial charge in [-0.3, -0.25) is 4.79 Å². The molecule has 0 N–H and O–H groups in total. The minimum absolute atomic E-state index is 0.0309. The van der Waals surface area contributed by atoms with E-state index in [-0.39, 0.29) is 23.9 Å². The average Bonchev–Trinajstić information content (AvgIpc) is 2.47. The van der Waals surface area contributed by atoms with Crippen LogP contribution in [-0.4, -0.2) is 18.4 Å². The van der Waals surface area contributed by atoms with Crippen molar-refractivity contribution in [3.05, 3.63) is 12.7 Å². The first-order valence-electron chi connectivity index (χ1n) is 5.45. The van der Waals surface area contributed by atoms with Crippen LogP contribution in [0, 0.1) is 11.8 Å². The molecule has 84 valence electrons. The lowest BCUT2D eigenvalue weighted by atomic mass is 9.86. The highest BCUT2D eigenvalue weighted by Gasteiger charge is 2.40. The SMILES string of the molecule is C=CCC1OC(=O)C(C)C1CCCC=O. The molecule has 0 aromatic rings. The zero-order chi connectivity index (χ0) is 11.3. The number of hydrogen-bond acceptors (Lipinski definition) is 3. The molecule has 0 bridgehead atoms. The van der Waals surface area contributed by atoms with Gasteiger partial charge in [0.05, 0.1) is 5.92 Å². The molecular weight excluding hydrogens is 192 g/mol. The highest BCUT2D eigenvalue weighted by Crippen LogP contribution is 2.33. The summed E-state index contributed by atoms with van der Waals surface area (Å²) in [4.78, 5) is 21.6. The van der Waals surface area contributed by atoms with Crippen LogP contribution in [0.25, 0.3) is 0 Å². The number of aldehydes is 1. The smallest absolute Gasteiger partial charge is 0.309 e. The summed E-state index contributed by atoms with van der Waals surface area (Å²) < 4.78 is 5.26. The largest absolute Gasteiger partial charge is 0.462 e. The molecule has 1 fully saturated rings. The third kappa shape index (κ3) is 2.91. The van der Waals surface area contributed by atoms with Gasteiger partial charge in [0, 0.05) is 18.8 Å². The minimum Gasteiger partial charge on any atom is -0.462 e. The van der Waals surface area contributed by atoms with E-state index in [0.717, 1.165) is 19.1 Å². The predicted molar refractivity (Wildman–Crippen MR) is 57.3 cm³/mol. The number of cyclic esters (lactones) is 1. The molecule has 0 aliphatic carbocycles. The maximum Gasteiger partial charge on any atom is 0.309 e. The Bertz CT molecular complexity index is 247. The van der Waals surface area contributed by atoms with Crippen LogP contribution < -0.4 is 0 Å². The van der Waals surface area contributed by atoms with Crippen molar-refractivity contribution >= 4 is 12.3 Å². The normalized spacial score (nSPS) is 29.9. The van der Waals surface area contributed by atoms with Crippen LogP contribution in [-0.2, 0) is 14.3 Å². The molecule has 3 atom stereocenters. The summed E-state index contributed by atoms with van der Waals surface area (Å²) in [5, 5.41) is 0. The van der Waals surface area contributed by atoms with Gasteiger partial charge in [-0.05, 0) is 12.8 Å². The Morgan fingerprint density at radius 3 is 2.87 bits per heavy atom. The number of carbonyl (C=O) groups is 2. The first-order chi connectivity index (χ1) is 7.20. The maximum atomic E-state index is 11.4. The quantitative estimate of drug-likeness (QED) is 0.292. The summed E-state index contributed by atoms with van der Waals surface area (Å²) in [6, 6.07) is 0. The molecule has 0 aromatic heterocycles. The molecule has 1 heterocycles. The predicted octanol–water partition coefficient (Wildman–Crippen LogP) is 2.11. The summed E-state index contributed by atoms with van der Waals surface area (Å²) in [5.41, 5.74) is 0. The summed E-state index contributed by atoms with van der Waals surface area (Å²) in [6.45, 7) is 5.56. The van der Waals surface area contributed by atoms with Gasteiger partial charge in [-0.1, -0.05) is 13.0 Å². The van der Waals surface area contributed by atoms with Gasteiger partial charge in [-0.15, -0.1) is 6.58 Å². The Morgan fingerprint density at radius 1 is 1.53 bits per heavy atom. The Labute approximate surface area is 90.5 Å². The van der Waals surface area contributed by atoms with Crippen molar-refractivity contribution < 1.29 is 14.3 Å². The van der Waals surface area contributed by atoms with Gasteiger partial charge in [0.15, 0.2) is 0 Å². The van der Waals surface area contributed by atoms with Crippen molar-refractivity contribution in [3.63, 3.8) is 0 Å². The Balaban J connectivity index is 2.51. The zero-order valence-corrected chi connectivity index (χ0v) is 9.15. The van der Waals surface area contributed by atoms with Crippen LogP contribution in [0.2, 0.25) is 0 Å².